The topological polar surface area (TPSA) is 17.1 Å². The molecule has 8 heavy (non-hydrogen) atoms. The third-order valence-electron chi connectivity index (χ3n) is 0.536. The highest BCUT2D eigenvalue weighted by Crippen LogP contribution is 2.14. The van der Waals surface area contributed by atoms with Gasteiger partial charge in [0.05, 0.1) is 9.93 Å². The Balaban J connectivity index is 3.23. The second-order valence-electron chi connectivity index (χ2n) is 1.68. The fourth-order valence-electron chi connectivity index (χ4n) is 0.326. The molecule has 1 nitrogen and oxygen atoms in total. The summed E-state index contributed by atoms with van der Waals surface area (Å²) in [6.45, 7) is 1.92. The van der Waals surface area contributed by atoms with Gasteiger partial charge in [0.15, 0.2) is 0 Å². The highest BCUT2D eigenvalue weighted by atomic mass is 33.1. The van der Waals surface area contributed by atoms with Crippen molar-refractivity contribution < 1.29 is 4.79 Å². The normalized spacial score (nSPS) is 14.0. The molecule has 0 aromatic rings. The summed E-state index contributed by atoms with van der Waals surface area (Å²) in [4.78, 5) is 10.0. The lowest BCUT2D eigenvalue weighted by Crippen LogP contribution is -2.01. The number of rotatable bonds is 3. The molecule has 0 amide bonds. The van der Waals surface area contributed by atoms with Crippen molar-refractivity contribution in [2.45, 2.75) is 12.2 Å². The molecule has 0 aromatic carbocycles. The Morgan fingerprint density at radius 1 is 1.62 bits per heavy atom. The van der Waals surface area contributed by atoms with E-state index in [1.165, 1.54) is 0 Å². The van der Waals surface area contributed by atoms with Crippen LogP contribution in [0.15, 0.2) is 0 Å². The van der Waals surface area contributed by atoms with E-state index in [0.717, 1.165) is 6.29 Å². The summed E-state index contributed by atoms with van der Waals surface area (Å²) < 4.78 is 0. The molecule has 0 N–H and O–H groups in total. The summed E-state index contributed by atoms with van der Waals surface area (Å²) in [5, 5.41) is 0.174. The van der Waals surface area contributed by atoms with Crippen molar-refractivity contribution in [2.24, 2.45) is 0 Å². The Bertz CT molecular complexity index is 72.8. The number of hydrogen-bond donors (Lipinski definition) is 0. The molecule has 0 aliphatic heterocycles. The quantitative estimate of drug-likeness (QED) is 0.341. The Kier molecular flexibility index (Phi) is 4.47. The van der Waals surface area contributed by atoms with E-state index in [2.05, 4.69) is 12.5 Å². The van der Waals surface area contributed by atoms with Crippen molar-refractivity contribution in [3.8, 4) is 0 Å². The molecule has 0 radical (unpaired) electrons. The molecule has 0 saturated carbocycles. The van der Waals surface area contributed by atoms with E-state index < -0.39 is 0 Å². The zero-order chi connectivity index (χ0) is 6.57. The standard InChI is InChI=1S/C5H11OS2/c1-5(4-6)7-8(2)3/h4-5H,1-3H3/q+1. The lowest BCUT2D eigenvalue weighted by Gasteiger charge is -1.94. The molecule has 0 rings (SSSR count). The predicted molar refractivity (Wildman–Crippen MR) is 42.3 cm³/mol. The lowest BCUT2D eigenvalue weighted by atomic mass is 10.6. The van der Waals surface area contributed by atoms with Gasteiger partial charge in [-0.15, -0.1) is 0 Å². The van der Waals surface area contributed by atoms with E-state index in [1.54, 1.807) is 10.8 Å². The molecule has 0 spiro atoms. The molecular weight excluding hydrogens is 140 g/mol. The van der Waals surface area contributed by atoms with Crippen LogP contribution in [-0.2, 0) is 14.7 Å². The molecular formula is C5H11OS2+. The van der Waals surface area contributed by atoms with Crippen LogP contribution in [0.1, 0.15) is 6.92 Å². The highest BCUT2D eigenvalue weighted by molar-refractivity contribution is 8.74. The number of carbonyl (C=O) groups excluding carboxylic acids is 1. The molecule has 3 heteroatoms. The highest BCUT2D eigenvalue weighted by Gasteiger charge is 2.10. The molecule has 1 atom stereocenters. The van der Waals surface area contributed by atoms with Gasteiger partial charge in [-0.05, 0) is 6.92 Å². The van der Waals surface area contributed by atoms with Crippen LogP contribution in [0.2, 0.25) is 0 Å². The van der Waals surface area contributed by atoms with E-state index in [-0.39, 0.29) is 5.25 Å². The van der Waals surface area contributed by atoms with E-state index in [9.17, 15) is 4.79 Å². The number of aldehydes is 1. The predicted octanol–water partition coefficient (Wildman–Crippen LogP) is 1.10. The zero-order valence-corrected chi connectivity index (χ0v) is 7.01. The van der Waals surface area contributed by atoms with Crippen LogP contribution in [0.3, 0.4) is 0 Å². The van der Waals surface area contributed by atoms with Gasteiger partial charge >= 0.3 is 0 Å². The van der Waals surface area contributed by atoms with Gasteiger partial charge in [-0.2, -0.15) is 0 Å². The molecule has 0 fully saturated rings. The first-order valence-corrected chi connectivity index (χ1v) is 5.80. The van der Waals surface area contributed by atoms with Crippen molar-refractivity contribution in [2.75, 3.05) is 12.5 Å². The third kappa shape index (κ3) is 4.53. The van der Waals surface area contributed by atoms with Crippen LogP contribution in [0.25, 0.3) is 0 Å². The summed E-state index contributed by atoms with van der Waals surface area (Å²) in [6.07, 6.45) is 5.22. The number of hydrogen-bond acceptors (Lipinski definition) is 2. The summed E-state index contributed by atoms with van der Waals surface area (Å²) >= 11 is 0. The van der Waals surface area contributed by atoms with Gasteiger partial charge in [-0.3, -0.25) is 0 Å². The summed E-state index contributed by atoms with van der Waals surface area (Å²) in [5.41, 5.74) is 0. The fraction of sp³-hybridized carbons (Fsp3) is 0.800. The Labute approximate surface area is 57.0 Å². The summed E-state index contributed by atoms with van der Waals surface area (Å²) in [7, 11) is 2.05. The maximum Gasteiger partial charge on any atom is 0.137 e. The van der Waals surface area contributed by atoms with Gasteiger partial charge in [-0.1, -0.05) is 0 Å². The minimum atomic E-state index is 0.174. The first kappa shape index (κ1) is 8.37. The van der Waals surface area contributed by atoms with Gasteiger partial charge in [0.2, 0.25) is 0 Å². The zero-order valence-electron chi connectivity index (χ0n) is 5.38. The first-order chi connectivity index (χ1) is 3.66. The van der Waals surface area contributed by atoms with Crippen LogP contribution in [0.5, 0.6) is 0 Å². The van der Waals surface area contributed by atoms with Crippen molar-refractivity contribution in [3.05, 3.63) is 0 Å². The minimum Gasteiger partial charge on any atom is -0.302 e. The first-order valence-electron chi connectivity index (χ1n) is 2.37. The Morgan fingerprint density at radius 2 is 2.12 bits per heavy atom. The number of carbonyl (C=O) groups is 1. The SMILES string of the molecule is CC(C=O)S[S+](C)C. The average molecular weight is 151 g/mol. The van der Waals surface area contributed by atoms with E-state index >= 15 is 0 Å². The van der Waals surface area contributed by atoms with Crippen molar-refractivity contribution in [1.82, 2.24) is 0 Å². The van der Waals surface area contributed by atoms with Crippen LogP contribution in [-0.4, -0.2) is 24.0 Å². The third-order valence-corrected chi connectivity index (χ3v) is 3.40. The molecule has 0 aliphatic carbocycles. The van der Waals surface area contributed by atoms with Gasteiger partial charge in [0, 0.05) is 0 Å². The Morgan fingerprint density at radius 3 is 2.25 bits per heavy atom. The van der Waals surface area contributed by atoms with Crippen LogP contribution in [0.4, 0.5) is 0 Å². The molecule has 0 bridgehead atoms. The molecule has 48 valence electrons. The van der Waals surface area contributed by atoms with Gasteiger partial charge in [0.1, 0.15) is 34.8 Å². The van der Waals surface area contributed by atoms with Crippen LogP contribution in [0, 0.1) is 0 Å². The fourth-order valence-corrected chi connectivity index (χ4v) is 2.94. The van der Waals surface area contributed by atoms with E-state index in [0.29, 0.717) is 9.93 Å². The lowest BCUT2D eigenvalue weighted by molar-refractivity contribution is -0.107. The van der Waals surface area contributed by atoms with E-state index in [4.69, 9.17) is 0 Å². The van der Waals surface area contributed by atoms with E-state index in [1.807, 2.05) is 6.92 Å². The average Bonchev–Trinajstić information content (AvgIpc) is 1.65. The second kappa shape index (κ2) is 4.27. The van der Waals surface area contributed by atoms with Crippen molar-refractivity contribution >= 4 is 27.0 Å². The minimum absolute atomic E-state index is 0.174. The maximum absolute atomic E-state index is 10.0. The largest absolute Gasteiger partial charge is 0.302 e. The molecule has 0 saturated heterocycles. The second-order valence-corrected chi connectivity index (χ2v) is 6.68. The molecule has 0 heterocycles. The Hall–Kier alpha value is 0.370. The van der Waals surface area contributed by atoms with Gasteiger partial charge in [-0.25, -0.2) is 0 Å². The van der Waals surface area contributed by atoms with Crippen molar-refractivity contribution in [1.29, 1.82) is 0 Å². The molecule has 0 aliphatic rings. The molecule has 1 unspecified atom stereocenters. The summed E-state index contributed by atoms with van der Waals surface area (Å²) in [6, 6.07) is 0. The van der Waals surface area contributed by atoms with Crippen molar-refractivity contribution in [3.63, 3.8) is 0 Å². The smallest absolute Gasteiger partial charge is 0.137 e. The maximum atomic E-state index is 10.0. The van der Waals surface area contributed by atoms with Crippen LogP contribution >= 0.6 is 10.8 Å². The summed E-state index contributed by atoms with van der Waals surface area (Å²) in [5.74, 6) is 0. The molecule has 0 aromatic heterocycles. The van der Waals surface area contributed by atoms with Gasteiger partial charge in [0.25, 0.3) is 0 Å². The van der Waals surface area contributed by atoms with Crippen LogP contribution < -0.4 is 0 Å². The monoisotopic (exact) mass is 151 g/mol. The van der Waals surface area contributed by atoms with Gasteiger partial charge < -0.3 is 4.79 Å².